The Labute approximate surface area is 69.1 Å². The molecular weight excluding hydrogens is 211 g/mol. The molecule has 0 aromatic heterocycles. The van der Waals surface area contributed by atoms with Crippen molar-refractivity contribution in [2.45, 2.75) is 0 Å². The minimum atomic E-state index is 0. The molecule has 0 bridgehead atoms. The normalized spacial score (nSPS) is 7.00. The molecule has 0 aromatic rings. The summed E-state index contributed by atoms with van der Waals surface area (Å²) in [7, 11) is 0. The van der Waals surface area contributed by atoms with Gasteiger partial charge in [-0.3, -0.25) is 0 Å². The van der Waals surface area contributed by atoms with Gasteiger partial charge in [-0.15, -0.1) is 13.2 Å². The molecule has 0 aliphatic carbocycles. The SMILES string of the molecule is C=CCSCC=C.[Pd]. The summed E-state index contributed by atoms with van der Waals surface area (Å²) in [5, 5.41) is 0. The molecule has 8 heavy (non-hydrogen) atoms. The van der Waals surface area contributed by atoms with Gasteiger partial charge >= 0.3 is 0 Å². The summed E-state index contributed by atoms with van der Waals surface area (Å²) in [5.41, 5.74) is 0. The van der Waals surface area contributed by atoms with E-state index in [4.69, 9.17) is 0 Å². The summed E-state index contributed by atoms with van der Waals surface area (Å²) in [6.45, 7) is 7.15. The molecule has 0 heterocycles. The summed E-state index contributed by atoms with van der Waals surface area (Å²) < 4.78 is 0. The molecule has 0 N–H and O–H groups in total. The van der Waals surface area contributed by atoms with Crippen LogP contribution in [0.3, 0.4) is 0 Å². The molecule has 50 valence electrons. The average molecular weight is 221 g/mol. The van der Waals surface area contributed by atoms with Crippen molar-refractivity contribution in [1.82, 2.24) is 0 Å². The van der Waals surface area contributed by atoms with Crippen LogP contribution in [0, 0.1) is 0 Å². The Hall–Kier alpha value is 0.492. The first-order valence-corrected chi connectivity index (χ1v) is 3.37. The first-order chi connectivity index (χ1) is 3.41. The fourth-order valence-electron chi connectivity index (χ4n) is 0.235. The third kappa shape index (κ3) is 9.70. The van der Waals surface area contributed by atoms with Crippen molar-refractivity contribution >= 4 is 11.8 Å². The van der Waals surface area contributed by atoms with Gasteiger partial charge in [-0.1, -0.05) is 12.2 Å². The van der Waals surface area contributed by atoms with Gasteiger partial charge in [0.1, 0.15) is 0 Å². The fourth-order valence-corrected chi connectivity index (χ4v) is 0.704. The van der Waals surface area contributed by atoms with Gasteiger partial charge < -0.3 is 0 Å². The predicted octanol–water partition coefficient (Wildman–Crippen LogP) is 2.09. The van der Waals surface area contributed by atoms with E-state index in [-0.39, 0.29) is 20.4 Å². The molecule has 2 heteroatoms. The molecule has 0 spiro atoms. The topological polar surface area (TPSA) is 0 Å². The molecule has 0 fully saturated rings. The van der Waals surface area contributed by atoms with Crippen LogP contribution in [0.15, 0.2) is 25.3 Å². The molecule has 0 aromatic carbocycles. The largest absolute Gasteiger partial charge is 0.154 e. The Morgan fingerprint density at radius 2 is 1.50 bits per heavy atom. The zero-order valence-electron chi connectivity index (χ0n) is 4.71. The van der Waals surface area contributed by atoms with E-state index >= 15 is 0 Å². The quantitative estimate of drug-likeness (QED) is 0.397. The van der Waals surface area contributed by atoms with Gasteiger partial charge in [-0.2, -0.15) is 11.8 Å². The zero-order chi connectivity index (χ0) is 5.54. The number of hydrogen-bond acceptors (Lipinski definition) is 1. The van der Waals surface area contributed by atoms with Crippen molar-refractivity contribution in [3.8, 4) is 0 Å². The first kappa shape index (κ1) is 11.3. The van der Waals surface area contributed by atoms with Crippen LogP contribution >= 0.6 is 11.8 Å². The second-order valence-electron chi connectivity index (χ2n) is 1.11. The molecule has 0 aliphatic heterocycles. The van der Waals surface area contributed by atoms with Crippen molar-refractivity contribution in [3.05, 3.63) is 25.3 Å². The Balaban J connectivity index is 0. The summed E-state index contributed by atoms with van der Waals surface area (Å²) in [4.78, 5) is 0. The number of hydrogen-bond donors (Lipinski definition) is 0. The van der Waals surface area contributed by atoms with E-state index in [0.717, 1.165) is 11.5 Å². The van der Waals surface area contributed by atoms with E-state index in [1.54, 1.807) is 0 Å². The smallest absolute Gasteiger partial charge is 0.0113 e. The third-order valence-electron chi connectivity index (χ3n) is 0.471. The Morgan fingerprint density at radius 1 is 1.12 bits per heavy atom. The number of rotatable bonds is 4. The van der Waals surface area contributed by atoms with Crippen LogP contribution in [-0.2, 0) is 20.4 Å². The van der Waals surface area contributed by atoms with E-state index in [0.29, 0.717) is 0 Å². The zero-order valence-corrected chi connectivity index (χ0v) is 7.08. The van der Waals surface area contributed by atoms with Crippen LogP contribution < -0.4 is 0 Å². The van der Waals surface area contributed by atoms with Crippen molar-refractivity contribution < 1.29 is 20.4 Å². The van der Waals surface area contributed by atoms with E-state index in [1.807, 2.05) is 23.9 Å². The standard InChI is InChI=1S/C6H10S.Pd/c1-3-5-7-6-4-2;/h3-4H,1-2,5-6H2;. The van der Waals surface area contributed by atoms with E-state index in [9.17, 15) is 0 Å². The summed E-state index contributed by atoms with van der Waals surface area (Å²) in [6.07, 6.45) is 3.79. The van der Waals surface area contributed by atoms with Crippen molar-refractivity contribution in [2.24, 2.45) is 0 Å². The first-order valence-electron chi connectivity index (χ1n) is 2.21. The molecule has 0 saturated heterocycles. The van der Waals surface area contributed by atoms with Crippen molar-refractivity contribution in [2.75, 3.05) is 11.5 Å². The summed E-state index contributed by atoms with van der Waals surface area (Å²) in [5.74, 6) is 2.07. The molecule has 0 rings (SSSR count). The molecule has 0 nitrogen and oxygen atoms in total. The van der Waals surface area contributed by atoms with Crippen LogP contribution in [0.4, 0.5) is 0 Å². The fraction of sp³-hybridized carbons (Fsp3) is 0.333. The summed E-state index contributed by atoms with van der Waals surface area (Å²) >= 11 is 1.82. The third-order valence-corrected chi connectivity index (χ3v) is 1.41. The molecule has 0 amide bonds. The van der Waals surface area contributed by atoms with Crippen LogP contribution in [0.1, 0.15) is 0 Å². The van der Waals surface area contributed by atoms with Gasteiger partial charge in [0.2, 0.25) is 0 Å². The van der Waals surface area contributed by atoms with E-state index in [1.165, 1.54) is 0 Å². The molecule has 0 unspecified atom stereocenters. The molecular formula is C6H10PdS. The Kier molecular flexibility index (Phi) is 14.8. The van der Waals surface area contributed by atoms with Gasteiger partial charge in [-0.25, -0.2) is 0 Å². The maximum atomic E-state index is 3.58. The minimum Gasteiger partial charge on any atom is -0.154 e. The van der Waals surface area contributed by atoms with Crippen LogP contribution in [0.2, 0.25) is 0 Å². The molecule has 0 atom stereocenters. The van der Waals surface area contributed by atoms with Gasteiger partial charge in [0, 0.05) is 31.9 Å². The van der Waals surface area contributed by atoms with Crippen LogP contribution in [0.25, 0.3) is 0 Å². The van der Waals surface area contributed by atoms with Crippen molar-refractivity contribution in [3.63, 3.8) is 0 Å². The monoisotopic (exact) mass is 220 g/mol. The Bertz CT molecular complexity index is 53.5. The van der Waals surface area contributed by atoms with Gasteiger partial charge in [0.05, 0.1) is 0 Å². The van der Waals surface area contributed by atoms with Crippen molar-refractivity contribution in [1.29, 1.82) is 0 Å². The van der Waals surface area contributed by atoms with E-state index in [2.05, 4.69) is 13.2 Å². The van der Waals surface area contributed by atoms with Gasteiger partial charge in [0.15, 0.2) is 0 Å². The maximum absolute atomic E-state index is 3.58. The van der Waals surface area contributed by atoms with Gasteiger partial charge in [-0.05, 0) is 0 Å². The van der Waals surface area contributed by atoms with E-state index < -0.39 is 0 Å². The molecule has 0 radical (unpaired) electrons. The van der Waals surface area contributed by atoms with Crippen LogP contribution in [-0.4, -0.2) is 11.5 Å². The van der Waals surface area contributed by atoms with Crippen LogP contribution in [0.5, 0.6) is 0 Å². The van der Waals surface area contributed by atoms with Gasteiger partial charge in [0.25, 0.3) is 0 Å². The maximum Gasteiger partial charge on any atom is 0.0113 e. The number of thioether (sulfide) groups is 1. The molecule has 0 aliphatic rings. The Morgan fingerprint density at radius 3 is 1.75 bits per heavy atom. The summed E-state index contributed by atoms with van der Waals surface area (Å²) in [6, 6.07) is 0. The predicted molar refractivity (Wildman–Crippen MR) is 37.7 cm³/mol. The second kappa shape index (κ2) is 10.5. The minimum absolute atomic E-state index is 0. The molecule has 0 saturated carbocycles. The average Bonchev–Trinajstić information content (AvgIpc) is 1.69. The second-order valence-corrected chi connectivity index (χ2v) is 2.19.